The number of methoxy groups -OCH3 is 2. The van der Waals surface area contributed by atoms with Crippen molar-refractivity contribution in [1.29, 1.82) is 0 Å². The molecule has 6 rings (SSSR count). The Bertz CT molecular complexity index is 3250. The van der Waals surface area contributed by atoms with Crippen molar-refractivity contribution in [3.8, 4) is 0 Å². The quantitative estimate of drug-likeness (QED) is 0.0382. The van der Waals surface area contributed by atoms with E-state index in [1.165, 1.54) is 31.2 Å². The van der Waals surface area contributed by atoms with E-state index in [9.17, 15) is 53.4 Å². The molecule has 0 saturated carbocycles. The number of pyridine rings is 2. The first-order valence-corrected chi connectivity index (χ1v) is 30.0. The van der Waals surface area contributed by atoms with E-state index in [1.807, 2.05) is 99.7 Å². The van der Waals surface area contributed by atoms with Crippen LogP contribution in [0.15, 0.2) is 72.8 Å². The van der Waals surface area contributed by atoms with Crippen molar-refractivity contribution < 1.29 is 72.7 Å². The van der Waals surface area contributed by atoms with Gasteiger partial charge in [-0.3, -0.25) is 58.3 Å². The minimum atomic E-state index is -1.21. The maximum atomic E-state index is 12.9. The number of benzene rings is 2. The Morgan fingerprint density at radius 2 is 0.989 bits per heavy atom. The van der Waals surface area contributed by atoms with Gasteiger partial charge >= 0.3 is 24.0 Å². The Hall–Kier alpha value is -8.39. The molecule has 2 aromatic heterocycles. The van der Waals surface area contributed by atoms with E-state index in [0.29, 0.717) is 44.5 Å². The van der Waals surface area contributed by atoms with E-state index in [0.717, 1.165) is 38.6 Å². The first-order chi connectivity index (χ1) is 42.0. The molecular formula is C65H92N10O15. The third-order valence-corrected chi connectivity index (χ3v) is 14.4. The molecule has 0 radical (unpaired) electrons. The number of nitrogens with one attached hydrogen (secondary N) is 6. The summed E-state index contributed by atoms with van der Waals surface area (Å²) < 4.78 is 14.9. The maximum Gasteiger partial charge on any atom is 0.407 e. The average molecular weight is 1250 g/mol. The number of nitrogens with zero attached hydrogens (tertiary/aromatic N) is 4. The number of ether oxygens (including phenoxy) is 3. The van der Waals surface area contributed by atoms with Crippen LogP contribution in [-0.4, -0.2) is 158 Å². The molecule has 2 saturated heterocycles. The highest BCUT2D eigenvalue weighted by atomic mass is 16.6. The lowest BCUT2D eigenvalue weighted by Crippen LogP contribution is -2.61. The number of aliphatic carboxylic acids is 1. The van der Waals surface area contributed by atoms with Gasteiger partial charge in [0.15, 0.2) is 0 Å². The zero-order chi connectivity index (χ0) is 67.4. The van der Waals surface area contributed by atoms with Crippen LogP contribution in [0.1, 0.15) is 138 Å². The third-order valence-electron chi connectivity index (χ3n) is 14.4. The predicted molar refractivity (Wildman–Crippen MR) is 338 cm³/mol. The molecule has 0 unspecified atom stereocenters. The number of alkyl carbamates (subject to hydrolysis) is 1. The van der Waals surface area contributed by atoms with Crippen LogP contribution in [-0.2, 0) is 65.7 Å². The van der Waals surface area contributed by atoms with Gasteiger partial charge < -0.3 is 50.8 Å². The first-order valence-electron chi connectivity index (χ1n) is 30.0. The molecule has 2 aromatic carbocycles. The van der Waals surface area contributed by atoms with Gasteiger partial charge in [0, 0.05) is 23.9 Å². The lowest BCUT2D eigenvalue weighted by molar-refractivity contribution is -0.149. The Labute approximate surface area is 526 Å². The fraction of sp³-hybridized carbons (Fsp3) is 0.523. The van der Waals surface area contributed by atoms with E-state index in [4.69, 9.17) is 19.3 Å². The van der Waals surface area contributed by atoms with Crippen LogP contribution in [0.4, 0.5) is 4.79 Å². The number of amides is 6. The molecule has 6 atom stereocenters. The van der Waals surface area contributed by atoms with Gasteiger partial charge in [-0.25, -0.2) is 15.6 Å². The number of hydrazine groups is 2. The maximum absolute atomic E-state index is 12.9. The number of hydrogen-bond donors (Lipinski definition) is 9. The second kappa shape index (κ2) is 33.4. The number of rotatable bonds is 20. The smallest absolute Gasteiger partial charge is 0.407 e. The van der Waals surface area contributed by atoms with Gasteiger partial charge in [0.2, 0.25) is 17.7 Å². The van der Waals surface area contributed by atoms with Crippen molar-refractivity contribution in [3.05, 3.63) is 95.3 Å². The zero-order valence-corrected chi connectivity index (χ0v) is 54.4. The van der Waals surface area contributed by atoms with E-state index >= 15 is 0 Å². The fourth-order valence-electron chi connectivity index (χ4n) is 8.86. The number of fused-ring (bicyclic) bond motifs is 2. The topological polar surface area (TPSA) is 346 Å². The average Bonchev–Trinajstić information content (AvgIpc) is 1.33. The standard InChI is InChI=1S/C30H41N5O6.C22H28N2O4.C13H23N3O5/c1-18(2)25(36)27(38)32-19(3)28(39)35-15-7-8-23(34-35)26(37)31-17-22-12-11-21-10-9-20(16-24(21)33-22)13-14-30(4,5)29(40)41-6;1-21(2,3)28-20(26)23-14-17-10-9-16-8-7-15(13-18(16)24-17)11-12-22(4,5)19(25)27-6;1-7(2)10(17)11(18)14-8(3)12(19)16-6-4-5-9(15-16)13(20)21/h9-14,16,18-19,23,25,34,36H,7-8,15,17H2,1-6H3,(H,31,37)(H,32,38);7-13H,14H2,1-6H3,(H,23,26);7-10,15,17H,4-6H2,1-3H3,(H,14,18)(H,20,21)/b14-13+;12-11+;/t19-,23-,25-;;8-,9-,10-/m0.0/s1. The minimum Gasteiger partial charge on any atom is -0.480 e. The molecule has 4 aromatic rings. The van der Waals surface area contributed by atoms with Crippen LogP contribution in [0.3, 0.4) is 0 Å². The summed E-state index contributed by atoms with van der Waals surface area (Å²) in [6, 6.07) is 16.2. The zero-order valence-electron chi connectivity index (χ0n) is 54.4. The van der Waals surface area contributed by atoms with Crippen molar-refractivity contribution in [2.75, 3.05) is 27.3 Å². The molecule has 90 heavy (non-hydrogen) atoms. The highest BCUT2D eigenvalue weighted by Crippen LogP contribution is 2.25. The highest BCUT2D eigenvalue weighted by Gasteiger charge is 2.34. The van der Waals surface area contributed by atoms with E-state index in [-0.39, 0.29) is 48.7 Å². The van der Waals surface area contributed by atoms with Crippen molar-refractivity contribution in [2.24, 2.45) is 22.7 Å². The van der Waals surface area contributed by atoms with Gasteiger partial charge in [-0.05, 0) is 135 Å². The Morgan fingerprint density at radius 3 is 1.38 bits per heavy atom. The summed E-state index contributed by atoms with van der Waals surface area (Å²) in [5.41, 5.74) is 8.34. The van der Waals surface area contributed by atoms with E-state index in [2.05, 4.69) is 42.1 Å². The SMILES string of the molecule is CC(C)[C@H](O)C(=O)N[C@@H](C)C(=O)N1CCC[C@@H](C(=O)O)N1.COC(=O)C(C)(C)/C=C/c1ccc2ccc(CNC(=O)OC(C)(C)C)nc2c1.COC(=O)C(C)(C)/C=C/c1ccc2ccc(CNC(=O)[C@@H]3CCCN(C(=O)[C@H](C)NC(=O)[C@@H](O)C(C)C)N3)nc2c1. The minimum absolute atomic E-state index is 0.204. The number of carbonyl (C=O) groups excluding carboxylic acids is 8. The van der Waals surface area contributed by atoms with Crippen molar-refractivity contribution in [3.63, 3.8) is 0 Å². The van der Waals surface area contributed by atoms with Gasteiger partial charge in [-0.15, -0.1) is 0 Å². The number of carbonyl (C=O) groups is 9. The molecule has 25 heteroatoms. The number of aliphatic hydroxyl groups excluding tert-OH is 2. The van der Waals surface area contributed by atoms with Gasteiger partial charge in [-0.2, -0.15) is 0 Å². The molecule has 492 valence electrons. The molecule has 2 aliphatic rings. The third kappa shape index (κ3) is 22.9. The van der Waals surface area contributed by atoms with E-state index in [1.54, 1.807) is 68.4 Å². The Kier molecular flexibility index (Phi) is 27.5. The van der Waals surface area contributed by atoms with E-state index < -0.39 is 82.6 Å². The van der Waals surface area contributed by atoms with Crippen LogP contribution in [0.2, 0.25) is 0 Å². The first kappa shape index (κ1) is 74.1. The summed E-state index contributed by atoms with van der Waals surface area (Å²) in [6.07, 6.45) is 6.66. The monoisotopic (exact) mass is 1250 g/mol. The van der Waals surface area contributed by atoms with Crippen LogP contribution in [0, 0.1) is 22.7 Å². The highest BCUT2D eigenvalue weighted by molar-refractivity contribution is 5.91. The largest absolute Gasteiger partial charge is 0.480 e. The molecular weight excluding hydrogens is 1160 g/mol. The summed E-state index contributed by atoms with van der Waals surface area (Å²) in [5, 5.41) is 43.6. The van der Waals surface area contributed by atoms with Gasteiger partial charge in [-0.1, -0.05) is 88.4 Å². The number of aliphatic hydroxyl groups is 2. The Balaban J connectivity index is 0.000000307. The fourth-order valence-corrected chi connectivity index (χ4v) is 8.86. The summed E-state index contributed by atoms with van der Waals surface area (Å²) in [4.78, 5) is 118. The summed E-state index contributed by atoms with van der Waals surface area (Å²) in [6.45, 7) is 23.7. The number of esters is 2. The second-order valence-corrected chi connectivity index (χ2v) is 25.0. The summed E-state index contributed by atoms with van der Waals surface area (Å²) in [7, 11) is 2.74. The molecule has 0 aliphatic carbocycles. The molecule has 2 fully saturated rings. The molecule has 2 aliphatic heterocycles. The molecule has 4 heterocycles. The van der Waals surface area contributed by atoms with Gasteiger partial charge in [0.1, 0.15) is 42.0 Å². The number of carboxylic acid groups (broad SMARTS) is 1. The number of aromatic nitrogens is 2. The van der Waals surface area contributed by atoms with Crippen LogP contribution in [0.25, 0.3) is 34.0 Å². The summed E-state index contributed by atoms with van der Waals surface area (Å²) in [5.74, 6) is -4.46. The number of hydrogen-bond acceptors (Lipinski definition) is 18. The molecule has 0 spiro atoms. The normalized spacial score (nSPS) is 16.8. The second-order valence-electron chi connectivity index (χ2n) is 25.0. The van der Waals surface area contributed by atoms with Crippen LogP contribution in [0.5, 0.6) is 0 Å². The van der Waals surface area contributed by atoms with Crippen molar-refractivity contribution >= 4 is 87.5 Å². The van der Waals surface area contributed by atoms with Gasteiger partial charge in [0.05, 0.1) is 60.6 Å². The lowest BCUT2D eigenvalue weighted by atomic mass is 9.92. The lowest BCUT2D eigenvalue weighted by Gasteiger charge is -2.34. The Morgan fingerprint density at radius 1 is 0.600 bits per heavy atom. The number of carboxylic acids is 1. The van der Waals surface area contributed by atoms with Crippen LogP contribution >= 0.6 is 0 Å². The van der Waals surface area contributed by atoms with Crippen molar-refractivity contribution in [1.82, 2.24) is 52.1 Å². The molecule has 0 bridgehead atoms. The predicted octanol–water partition coefficient (Wildman–Crippen LogP) is 5.64. The van der Waals surface area contributed by atoms with Crippen molar-refractivity contribution in [2.45, 2.75) is 171 Å². The van der Waals surface area contributed by atoms with Gasteiger partial charge in [0.25, 0.3) is 11.8 Å². The van der Waals surface area contributed by atoms with Crippen LogP contribution < -0.4 is 32.1 Å². The summed E-state index contributed by atoms with van der Waals surface area (Å²) >= 11 is 0. The molecule has 9 N–H and O–H groups in total. The molecule has 6 amide bonds. The molecule has 25 nitrogen and oxygen atoms in total.